The van der Waals surface area contributed by atoms with E-state index in [0.717, 1.165) is 17.0 Å². The summed E-state index contributed by atoms with van der Waals surface area (Å²) in [7, 11) is 0. The molecular weight excluding hydrogens is 402 g/mol. The fourth-order valence-corrected chi connectivity index (χ4v) is 3.64. The van der Waals surface area contributed by atoms with Crippen molar-refractivity contribution in [2.45, 2.75) is 6.54 Å². The predicted molar refractivity (Wildman–Crippen MR) is 101 cm³/mol. The van der Waals surface area contributed by atoms with Crippen LogP contribution in [0.3, 0.4) is 0 Å². The Kier molecular flexibility index (Phi) is 5.81. The van der Waals surface area contributed by atoms with Crippen LogP contribution in [0, 0.1) is 11.6 Å². The summed E-state index contributed by atoms with van der Waals surface area (Å²) in [6, 6.07) is 6.85. The van der Waals surface area contributed by atoms with Crippen LogP contribution in [0.15, 0.2) is 40.2 Å². The monoisotopic (exact) mass is 420 g/mol. The molecule has 1 aliphatic heterocycles. The number of aromatic nitrogens is 2. The van der Waals surface area contributed by atoms with Crippen molar-refractivity contribution in [3.8, 4) is 16.5 Å². The van der Waals surface area contributed by atoms with E-state index in [-0.39, 0.29) is 18.3 Å². The van der Waals surface area contributed by atoms with E-state index < -0.39 is 11.6 Å². The van der Waals surface area contributed by atoms with Crippen LogP contribution in [0.2, 0.25) is 0 Å². The summed E-state index contributed by atoms with van der Waals surface area (Å²) < 4.78 is 37.0. The molecule has 7 nitrogen and oxygen atoms in total. The van der Waals surface area contributed by atoms with Gasteiger partial charge in [0.25, 0.3) is 5.91 Å². The number of carbonyl (C=O) groups is 1. The van der Waals surface area contributed by atoms with Crippen molar-refractivity contribution < 1.29 is 22.8 Å². The van der Waals surface area contributed by atoms with Gasteiger partial charge in [-0.25, -0.2) is 8.78 Å². The maximum atomic E-state index is 13.6. The fraction of sp³-hybridized carbons (Fsp3) is 0.316. The van der Waals surface area contributed by atoms with Gasteiger partial charge in [0.05, 0.1) is 11.4 Å². The molecule has 1 aromatic carbocycles. The SMILES string of the molecule is O=C(COc1ccc(F)cc1F)N1CCN(Cc2nc(-c3cccs3)no2)CC1. The number of halogens is 2. The first-order valence-electron chi connectivity index (χ1n) is 9.03. The molecule has 0 radical (unpaired) electrons. The molecule has 1 amide bonds. The quantitative estimate of drug-likeness (QED) is 0.611. The molecule has 3 heterocycles. The summed E-state index contributed by atoms with van der Waals surface area (Å²) in [5.41, 5.74) is 0. The molecule has 2 aromatic heterocycles. The number of ether oxygens (including phenoxy) is 1. The van der Waals surface area contributed by atoms with E-state index in [1.807, 2.05) is 17.5 Å². The van der Waals surface area contributed by atoms with E-state index in [1.165, 1.54) is 6.07 Å². The van der Waals surface area contributed by atoms with Crippen LogP contribution in [0.5, 0.6) is 5.75 Å². The lowest BCUT2D eigenvalue weighted by Gasteiger charge is -2.33. The zero-order valence-corrected chi connectivity index (χ0v) is 16.2. The molecule has 29 heavy (non-hydrogen) atoms. The van der Waals surface area contributed by atoms with Crippen LogP contribution in [-0.2, 0) is 11.3 Å². The van der Waals surface area contributed by atoms with Crippen molar-refractivity contribution in [3.63, 3.8) is 0 Å². The van der Waals surface area contributed by atoms with Gasteiger partial charge < -0.3 is 14.2 Å². The Bertz CT molecular complexity index is 972. The highest BCUT2D eigenvalue weighted by atomic mass is 32.1. The lowest BCUT2D eigenvalue weighted by atomic mass is 10.3. The Balaban J connectivity index is 1.24. The van der Waals surface area contributed by atoms with Crippen molar-refractivity contribution >= 4 is 17.2 Å². The minimum absolute atomic E-state index is 0.142. The van der Waals surface area contributed by atoms with Crippen molar-refractivity contribution in [1.29, 1.82) is 0 Å². The van der Waals surface area contributed by atoms with E-state index in [2.05, 4.69) is 15.0 Å². The minimum atomic E-state index is -0.830. The molecule has 0 aliphatic carbocycles. The van der Waals surface area contributed by atoms with E-state index in [9.17, 15) is 13.6 Å². The number of carbonyl (C=O) groups excluding carboxylic acids is 1. The van der Waals surface area contributed by atoms with E-state index in [1.54, 1.807) is 16.2 Å². The highest BCUT2D eigenvalue weighted by molar-refractivity contribution is 7.13. The summed E-state index contributed by atoms with van der Waals surface area (Å²) in [4.78, 5) is 21.4. The Labute approximate surface area is 169 Å². The molecule has 1 aliphatic rings. The second-order valence-electron chi connectivity index (χ2n) is 6.51. The number of hydrogen-bond acceptors (Lipinski definition) is 7. The number of amides is 1. The van der Waals surface area contributed by atoms with E-state index in [0.29, 0.717) is 44.4 Å². The fourth-order valence-electron chi connectivity index (χ4n) is 2.99. The smallest absolute Gasteiger partial charge is 0.260 e. The molecule has 10 heteroatoms. The third kappa shape index (κ3) is 4.77. The summed E-state index contributed by atoms with van der Waals surface area (Å²) in [5, 5.41) is 5.95. The zero-order chi connectivity index (χ0) is 20.2. The van der Waals surface area contributed by atoms with Crippen molar-refractivity contribution in [3.05, 3.63) is 53.2 Å². The molecule has 0 atom stereocenters. The van der Waals surface area contributed by atoms with Crippen LogP contribution >= 0.6 is 11.3 Å². The van der Waals surface area contributed by atoms with Gasteiger partial charge in [-0.05, 0) is 23.6 Å². The molecule has 0 spiro atoms. The largest absolute Gasteiger partial charge is 0.481 e. The van der Waals surface area contributed by atoms with E-state index >= 15 is 0 Å². The number of piperazine rings is 1. The molecule has 1 saturated heterocycles. The summed E-state index contributed by atoms with van der Waals surface area (Å²) in [6.07, 6.45) is 0. The Hall–Kier alpha value is -2.85. The number of thiophene rings is 1. The highest BCUT2D eigenvalue weighted by Gasteiger charge is 2.23. The summed E-state index contributed by atoms with van der Waals surface area (Å²) in [6.45, 7) is 2.54. The van der Waals surface area contributed by atoms with Gasteiger partial charge in [-0.2, -0.15) is 4.98 Å². The summed E-state index contributed by atoms with van der Waals surface area (Å²) in [5.74, 6) is -0.801. The van der Waals surface area contributed by atoms with Crippen molar-refractivity contribution in [2.24, 2.45) is 0 Å². The second kappa shape index (κ2) is 8.66. The normalized spacial score (nSPS) is 14.9. The second-order valence-corrected chi connectivity index (χ2v) is 7.46. The zero-order valence-electron chi connectivity index (χ0n) is 15.4. The first kappa shape index (κ1) is 19.5. The van der Waals surface area contributed by atoms with Gasteiger partial charge >= 0.3 is 0 Å². The minimum Gasteiger partial charge on any atom is -0.481 e. The number of nitrogens with zero attached hydrogens (tertiary/aromatic N) is 4. The maximum Gasteiger partial charge on any atom is 0.260 e. The van der Waals surface area contributed by atoms with E-state index in [4.69, 9.17) is 9.26 Å². The van der Waals surface area contributed by atoms with Gasteiger partial charge in [-0.3, -0.25) is 9.69 Å². The number of rotatable bonds is 6. The predicted octanol–water partition coefficient (Wildman–Crippen LogP) is 2.80. The number of benzene rings is 1. The van der Waals surface area contributed by atoms with Gasteiger partial charge in [-0.15, -0.1) is 11.3 Å². The lowest BCUT2D eigenvalue weighted by Crippen LogP contribution is -2.49. The standard InChI is InChI=1S/C19H18F2N4O3S/c20-13-3-4-15(14(21)10-13)27-12-18(26)25-7-5-24(6-8-25)11-17-22-19(23-28-17)16-2-1-9-29-16/h1-4,9-10H,5-8,11-12H2. The molecule has 152 valence electrons. The number of hydrogen-bond donors (Lipinski definition) is 0. The molecule has 1 fully saturated rings. The van der Waals surface area contributed by atoms with Crippen LogP contribution in [0.1, 0.15) is 5.89 Å². The Morgan fingerprint density at radius 2 is 2.03 bits per heavy atom. The summed E-state index contributed by atoms with van der Waals surface area (Å²) >= 11 is 1.55. The third-order valence-electron chi connectivity index (χ3n) is 4.54. The Morgan fingerprint density at radius 1 is 1.21 bits per heavy atom. The van der Waals surface area contributed by atoms with Crippen LogP contribution in [0.4, 0.5) is 8.78 Å². The van der Waals surface area contributed by atoms with Gasteiger partial charge in [0.15, 0.2) is 18.2 Å². The lowest BCUT2D eigenvalue weighted by molar-refractivity contribution is -0.135. The molecule has 3 aromatic rings. The van der Waals surface area contributed by atoms with Crippen LogP contribution in [-0.4, -0.2) is 58.6 Å². The molecule has 0 bridgehead atoms. The first-order chi connectivity index (χ1) is 14.1. The van der Waals surface area contributed by atoms with Crippen molar-refractivity contribution in [2.75, 3.05) is 32.8 Å². The average molecular weight is 420 g/mol. The van der Waals surface area contributed by atoms with Gasteiger partial charge in [0, 0.05) is 32.2 Å². The third-order valence-corrected chi connectivity index (χ3v) is 5.40. The molecule has 4 rings (SSSR count). The van der Waals surface area contributed by atoms with Gasteiger partial charge in [0.2, 0.25) is 11.7 Å². The van der Waals surface area contributed by atoms with Gasteiger partial charge in [0.1, 0.15) is 5.82 Å². The molecular formula is C19H18F2N4O3S. The molecule has 0 unspecified atom stereocenters. The molecule has 0 saturated carbocycles. The first-order valence-corrected chi connectivity index (χ1v) is 9.91. The molecule has 0 N–H and O–H groups in total. The average Bonchev–Trinajstić information content (AvgIpc) is 3.39. The van der Waals surface area contributed by atoms with Gasteiger partial charge in [-0.1, -0.05) is 11.2 Å². The maximum absolute atomic E-state index is 13.6. The Morgan fingerprint density at radius 3 is 2.76 bits per heavy atom. The van der Waals surface area contributed by atoms with Crippen molar-refractivity contribution in [1.82, 2.24) is 19.9 Å². The highest BCUT2D eigenvalue weighted by Crippen LogP contribution is 2.22. The van der Waals surface area contributed by atoms with Crippen LogP contribution < -0.4 is 4.74 Å². The van der Waals surface area contributed by atoms with Crippen LogP contribution in [0.25, 0.3) is 10.7 Å². The topological polar surface area (TPSA) is 71.7 Å².